The van der Waals surface area contributed by atoms with Gasteiger partial charge in [0.2, 0.25) is 5.88 Å². The van der Waals surface area contributed by atoms with E-state index in [1.807, 2.05) is 0 Å². The minimum absolute atomic E-state index is 0. The van der Waals surface area contributed by atoms with E-state index >= 15 is 0 Å². The first kappa shape index (κ1) is 16.9. The van der Waals surface area contributed by atoms with Gasteiger partial charge in [-0.3, -0.25) is 0 Å². The highest BCUT2D eigenvalue weighted by atomic mass is 127. The standard InChI is InChI=1S/C12H19N5O2.HI/c1-18-11-4-5-14-10(17-11)8-16-12(13)15-7-9-3-2-6-19-9;/h4-5,9H,2-3,6-8H2,1H3,(H3,13,15,16);1H. The first-order valence-corrected chi connectivity index (χ1v) is 6.29. The van der Waals surface area contributed by atoms with Crippen LogP contribution in [0.3, 0.4) is 0 Å². The number of guanidine groups is 1. The number of halogens is 1. The van der Waals surface area contributed by atoms with Crippen LogP contribution in [-0.2, 0) is 11.3 Å². The lowest BCUT2D eigenvalue weighted by molar-refractivity contribution is 0.114. The molecule has 0 bridgehead atoms. The molecular formula is C12H20IN5O2. The Morgan fingerprint density at radius 2 is 2.50 bits per heavy atom. The molecule has 8 heteroatoms. The Hall–Kier alpha value is -1.16. The summed E-state index contributed by atoms with van der Waals surface area (Å²) in [4.78, 5) is 12.4. The van der Waals surface area contributed by atoms with E-state index < -0.39 is 0 Å². The Morgan fingerprint density at radius 1 is 1.65 bits per heavy atom. The highest BCUT2D eigenvalue weighted by Crippen LogP contribution is 2.10. The summed E-state index contributed by atoms with van der Waals surface area (Å²) in [5, 5.41) is 3.04. The minimum atomic E-state index is 0. The molecule has 1 fully saturated rings. The monoisotopic (exact) mass is 393 g/mol. The Balaban J connectivity index is 0.00000200. The number of ether oxygens (including phenoxy) is 2. The third kappa shape index (κ3) is 5.45. The van der Waals surface area contributed by atoms with Crippen molar-refractivity contribution in [3.63, 3.8) is 0 Å². The van der Waals surface area contributed by atoms with Crippen molar-refractivity contribution >= 4 is 29.9 Å². The van der Waals surface area contributed by atoms with Gasteiger partial charge >= 0.3 is 0 Å². The van der Waals surface area contributed by atoms with Crippen molar-refractivity contribution in [2.45, 2.75) is 25.5 Å². The molecule has 20 heavy (non-hydrogen) atoms. The van der Waals surface area contributed by atoms with Gasteiger partial charge in [-0.1, -0.05) is 0 Å². The summed E-state index contributed by atoms with van der Waals surface area (Å²) in [7, 11) is 1.56. The van der Waals surface area contributed by atoms with Gasteiger partial charge in [0.1, 0.15) is 6.54 Å². The van der Waals surface area contributed by atoms with Crippen LogP contribution in [0, 0.1) is 0 Å². The number of hydrogen-bond donors (Lipinski definition) is 2. The van der Waals surface area contributed by atoms with Crippen LogP contribution in [0.2, 0.25) is 0 Å². The molecule has 1 aliphatic heterocycles. The molecule has 1 saturated heterocycles. The van der Waals surface area contributed by atoms with Crippen molar-refractivity contribution in [2.24, 2.45) is 10.7 Å². The van der Waals surface area contributed by atoms with Crippen LogP contribution in [0.1, 0.15) is 18.7 Å². The highest BCUT2D eigenvalue weighted by molar-refractivity contribution is 14.0. The zero-order valence-corrected chi connectivity index (χ0v) is 13.7. The van der Waals surface area contributed by atoms with Crippen molar-refractivity contribution in [3.05, 3.63) is 18.1 Å². The lowest BCUT2D eigenvalue weighted by atomic mass is 10.2. The van der Waals surface area contributed by atoms with E-state index in [1.165, 1.54) is 0 Å². The Morgan fingerprint density at radius 3 is 3.20 bits per heavy atom. The number of nitrogens with two attached hydrogens (primary N) is 1. The number of aliphatic imine (C=N–C) groups is 1. The van der Waals surface area contributed by atoms with E-state index in [9.17, 15) is 0 Å². The SMILES string of the molecule is COc1ccnc(CN=C(N)NCC2CCCO2)n1.I. The maximum absolute atomic E-state index is 5.77. The van der Waals surface area contributed by atoms with Crippen molar-refractivity contribution in [1.29, 1.82) is 0 Å². The first-order valence-electron chi connectivity index (χ1n) is 6.29. The van der Waals surface area contributed by atoms with Gasteiger partial charge in [0.05, 0.1) is 13.2 Å². The molecule has 2 rings (SSSR count). The fourth-order valence-corrected chi connectivity index (χ4v) is 1.81. The van der Waals surface area contributed by atoms with Gasteiger partial charge in [0, 0.05) is 25.4 Å². The molecule has 1 aromatic rings. The average molecular weight is 393 g/mol. The summed E-state index contributed by atoms with van der Waals surface area (Å²) in [6, 6.07) is 1.69. The van der Waals surface area contributed by atoms with Gasteiger partial charge in [-0.15, -0.1) is 24.0 Å². The fraction of sp³-hybridized carbons (Fsp3) is 0.583. The van der Waals surface area contributed by atoms with Crippen LogP contribution in [0.5, 0.6) is 5.88 Å². The van der Waals surface area contributed by atoms with Crippen molar-refractivity contribution < 1.29 is 9.47 Å². The smallest absolute Gasteiger partial charge is 0.216 e. The second-order valence-corrected chi connectivity index (χ2v) is 4.23. The van der Waals surface area contributed by atoms with E-state index in [4.69, 9.17) is 15.2 Å². The second kappa shape index (κ2) is 8.90. The third-order valence-electron chi connectivity index (χ3n) is 2.81. The summed E-state index contributed by atoms with van der Waals surface area (Å²) in [5.74, 6) is 1.47. The summed E-state index contributed by atoms with van der Waals surface area (Å²) in [6.07, 6.45) is 4.05. The number of nitrogens with one attached hydrogen (secondary N) is 1. The molecule has 0 saturated carbocycles. The minimum Gasteiger partial charge on any atom is -0.481 e. The largest absolute Gasteiger partial charge is 0.481 e. The van der Waals surface area contributed by atoms with Crippen molar-refractivity contribution in [3.8, 4) is 5.88 Å². The molecule has 0 aromatic carbocycles. The van der Waals surface area contributed by atoms with E-state index in [0.717, 1.165) is 19.4 Å². The predicted molar refractivity (Wildman–Crippen MR) is 86.3 cm³/mol. The third-order valence-corrected chi connectivity index (χ3v) is 2.81. The molecular weight excluding hydrogens is 373 g/mol. The van der Waals surface area contributed by atoms with E-state index in [-0.39, 0.29) is 30.1 Å². The van der Waals surface area contributed by atoms with E-state index in [1.54, 1.807) is 19.4 Å². The van der Waals surface area contributed by atoms with Gasteiger partial charge in [-0.05, 0) is 12.8 Å². The fourth-order valence-electron chi connectivity index (χ4n) is 1.81. The molecule has 112 valence electrons. The van der Waals surface area contributed by atoms with Crippen LogP contribution in [-0.4, -0.2) is 42.3 Å². The van der Waals surface area contributed by atoms with Crippen LogP contribution in [0.4, 0.5) is 0 Å². The van der Waals surface area contributed by atoms with Gasteiger partial charge in [0.15, 0.2) is 11.8 Å². The molecule has 1 atom stereocenters. The Kier molecular flexibility index (Phi) is 7.52. The second-order valence-electron chi connectivity index (χ2n) is 4.23. The predicted octanol–water partition coefficient (Wildman–Crippen LogP) is 0.686. The number of aromatic nitrogens is 2. The molecule has 0 amide bonds. The molecule has 3 N–H and O–H groups in total. The lowest BCUT2D eigenvalue weighted by Gasteiger charge is -2.10. The lowest BCUT2D eigenvalue weighted by Crippen LogP contribution is -2.37. The molecule has 2 heterocycles. The molecule has 1 aromatic heterocycles. The van der Waals surface area contributed by atoms with Crippen LogP contribution in [0.25, 0.3) is 0 Å². The van der Waals surface area contributed by atoms with Crippen molar-refractivity contribution in [1.82, 2.24) is 15.3 Å². The number of methoxy groups -OCH3 is 1. The van der Waals surface area contributed by atoms with E-state index in [0.29, 0.717) is 30.8 Å². The normalized spacial score (nSPS) is 18.4. The van der Waals surface area contributed by atoms with Crippen LogP contribution < -0.4 is 15.8 Å². The molecule has 0 radical (unpaired) electrons. The van der Waals surface area contributed by atoms with Crippen molar-refractivity contribution in [2.75, 3.05) is 20.3 Å². The topological polar surface area (TPSA) is 94.7 Å². The molecule has 7 nitrogen and oxygen atoms in total. The van der Waals surface area contributed by atoms with Gasteiger partial charge < -0.3 is 20.5 Å². The van der Waals surface area contributed by atoms with Crippen LogP contribution >= 0.6 is 24.0 Å². The maximum Gasteiger partial charge on any atom is 0.216 e. The summed E-state index contributed by atoms with van der Waals surface area (Å²) in [5.41, 5.74) is 5.77. The zero-order valence-electron chi connectivity index (χ0n) is 11.4. The number of nitrogens with zero attached hydrogens (tertiary/aromatic N) is 3. The van der Waals surface area contributed by atoms with Gasteiger partial charge in [0.25, 0.3) is 0 Å². The highest BCUT2D eigenvalue weighted by Gasteiger charge is 2.14. The quantitative estimate of drug-likeness (QED) is 0.434. The molecule has 0 spiro atoms. The molecule has 1 unspecified atom stereocenters. The molecule has 0 aliphatic carbocycles. The number of rotatable bonds is 5. The van der Waals surface area contributed by atoms with Gasteiger partial charge in [-0.25, -0.2) is 9.98 Å². The molecule has 1 aliphatic rings. The van der Waals surface area contributed by atoms with Crippen LogP contribution in [0.15, 0.2) is 17.3 Å². The Labute approximate surface area is 135 Å². The number of hydrogen-bond acceptors (Lipinski definition) is 5. The summed E-state index contributed by atoms with van der Waals surface area (Å²) < 4.78 is 10.5. The Bertz CT molecular complexity index is 438. The maximum atomic E-state index is 5.77. The average Bonchev–Trinajstić information content (AvgIpc) is 2.96. The summed E-state index contributed by atoms with van der Waals surface area (Å²) >= 11 is 0. The van der Waals surface area contributed by atoms with Gasteiger partial charge in [-0.2, -0.15) is 4.98 Å². The van der Waals surface area contributed by atoms with E-state index in [2.05, 4.69) is 20.3 Å². The zero-order chi connectivity index (χ0) is 13.5. The first-order chi connectivity index (χ1) is 9.28. The summed E-state index contributed by atoms with van der Waals surface area (Å²) in [6.45, 7) is 1.84.